The number of hydrogen-bond donors (Lipinski definition) is 0. The van der Waals surface area contributed by atoms with E-state index >= 15 is 0 Å². The summed E-state index contributed by atoms with van der Waals surface area (Å²) in [6, 6.07) is 29.3. The summed E-state index contributed by atoms with van der Waals surface area (Å²) in [7, 11) is 1.75. The maximum Gasteiger partial charge on any atom is 0.118 e. The van der Waals surface area contributed by atoms with Crippen LogP contribution in [0.2, 0.25) is 0 Å². The second-order valence-electron chi connectivity index (χ2n) is 9.93. The maximum atomic E-state index is 5.43. The molecule has 3 aliphatic carbocycles. The summed E-state index contributed by atoms with van der Waals surface area (Å²) in [6.07, 6.45) is 3.96. The largest absolute Gasteiger partial charge is 0.497 e. The molecule has 31 heavy (non-hydrogen) atoms. The van der Waals surface area contributed by atoms with Crippen molar-refractivity contribution < 1.29 is 4.74 Å². The van der Waals surface area contributed by atoms with Gasteiger partial charge in [0.25, 0.3) is 0 Å². The molecular formula is C29H31NO. The Morgan fingerprint density at radius 2 is 1.65 bits per heavy atom. The van der Waals surface area contributed by atoms with Gasteiger partial charge in [-0.05, 0) is 83.4 Å². The quantitative estimate of drug-likeness (QED) is 0.498. The van der Waals surface area contributed by atoms with Crippen molar-refractivity contribution in [2.45, 2.75) is 43.6 Å². The highest BCUT2D eigenvalue weighted by atomic mass is 16.5. The first-order chi connectivity index (χ1) is 15.3. The van der Waals surface area contributed by atoms with Gasteiger partial charge in [0.15, 0.2) is 0 Å². The van der Waals surface area contributed by atoms with E-state index in [-0.39, 0.29) is 0 Å². The van der Waals surface area contributed by atoms with Crippen LogP contribution in [-0.4, -0.2) is 25.1 Å². The number of likely N-dealkylation sites (tertiary alicyclic amines) is 1. The van der Waals surface area contributed by atoms with Gasteiger partial charge < -0.3 is 4.74 Å². The normalized spacial score (nSPS) is 29.3. The molecule has 158 valence electrons. The van der Waals surface area contributed by atoms with Gasteiger partial charge in [-0.2, -0.15) is 0 Å². The third-order valence-electron chi connectivity index (χ3n) is 8.28. The molecule has 7 rings (SSSR count). The summed E-state index contributed by atoms with van der Waals surface area (Å²) in [5, 5.41) is 0. The lowest BCUT2D eigenvalue weighted by molar-refractivity contribution is 0.0968. The summed E-state index contributed by atoms with van der Waals surface area (Å²) in [5.41, 5.74) is 6.59. The molecule has 3 aromatic rings. The molecular weight excluding hydrogens is 378 g/mol. The first-order valence-corrected chi connectivity index (χ1v) is 11.7. The summed E-state index contributed by atoms with van der Waals surface area (Å²) in [5.74, 6) is 2.86. The summed E-state index contributed by atoms with van der Waals surface area (Å²) in [4.78, 5) is 2.71. The van der Waals surface area contributed by atoms with Crippen molar-refractivity contribution in [3.8, 4) is 5.75 Å². The van der Waals surface area contributed by atoms with Crippen molar-refractivity contribution in [1.82, 2.24) is 4.90 Å². The Labute approximate surface area is 185 Å². The van der Waals surface area contributed by atoms with E-state index in [0.717, 1.165) is 12.3 Å². The predicted molar refractivity (Wildman–Crippen MR) is 126 cm³/mol. The van der Waals surface area contributed by atoms with Crippen LogP contribution < -0.4 is 4.74 Å². The van der Waals surface area contributed by atoms with Crippen LogP contribution in [0.1, 0.15) is 59.3 Å². The Morgan fingerprint density at radius 1 is 0.903 bits per heavy atom. The lowest BCUT2D eigenvalue weighted by Crippen LogP contribution is -2.45. The Balaban J connectivity index is 1.35. The first kappa shape index (κ1) is 19.1. The minimum Gasteiger partial charge on any atom is -0.497 e. The second kappa shape index (κ2) is 7.53. The smallest absolute Gasteiger partial charge is 0.118 e. The van der Waals surface area contributed by atoms with E-state index in [2.05, 4.69) is 83.8 Å². The molecule has 1 heterocycles. The zero-order valence-corrected chi connectivity index (χ0v) is 18.3. The van der Waals surface area contributed by atoms with Gasteiger partial charge in [0.05, 0.1) is 7.11 Å². The van der Waals surface area contributed by atoms with E-state index in [1.807, 2.05) is 0 Å². The zero-order chi connectivity index (χ0) is 20.8. The molecule has 0 amide bonds. The Morgan fingerprint density at radius 3 is 2.42 bits per heavy atom. The summed E-state index contributed by atoms with van der Waals surface area (Å²) in [6.45, 7) is 3.52. The molecule has 4 atom stereocenters. The molecule has 2 fully saturated rings. The maximum absolute atomic E-state index is 5.43. The number of nitrogens with zero attached hydrogens (tertiary/aromatic N) is 1. The molecule has 1 saturated heterocycles. The third-order valence-corrected chi connectivity index (χ3v) is 8.28. The van der Waals surface area contributed by atoms with Crippen LogP contribution in [0.3, 0.4) is 0 Å². The van der Waals surface area contributed by atoms with E-state index in [1.54, 1.807) is 18.2 Å². The van der Waals surface area contributed by atoms with Crippen LogP contribution in [0.5, 0.6) is 5.75 Å². The lowest BCUT2D eigenvalue weighted by atomic mass is 9.49. The Bertz CT molecular complexity index is 1060. The third kappa shape index (κ3) is 3.20. The average molecular weight is 410 g/mol. The fourth-order valence-electron chi connectivity index (χ4n) is 7.08. The highest BCUT2D eigenvalue weighted by Gasteiger charge is 2.56. The molecule has 4 aliphatic rings. The fourth-order valence-corrected chi connectivity index (χ4v) is 7.08. The number of benzene rings is 3. The molecule has 0 unspecified atom stereocenters. The Kier molecular flexibility index (Phi) is 4.65. The standard InChI is InChI=1S/C29H31NO/c1-31-24-13-11-22(12-14-24)27-17-23-18-29(28(27)26-10-6-5-9-25(23)26)15-16-30(20-29)19-21-7-3-2-4-8-21/h2-14,23,27-28H,15-20H2,1H3/t23-,27+,28-,29-/m0/s1. The topological polar surface area (TPSA) is 12.5 Å². The first-order valence-electron chi connectivity index (χ1n) is 11.7. The van der Waals surface area contributed by atoms with E-state index in [1.165, 1.54) is 43.5 Å². The van der Waals surface area contributed by atoms with Crippen molar-refractivity contribution in [2.75, 3.05) is 20.2 Å². The number of fused-ring (bicyclic) bond motifs is 1. The van der Waals surface area contributed by atoms with Crippen molar-refractivity contribution in [2.24, 2.45) is 5.41 Å². The van der Waals surface area contributed by atoms with Gasteiger partial charge in [0.2, 0.25) is 0 Å². The zero-order valence-electron chi connectivity index (χ0n) is 18.3. The molecule has 0 N–H and O–H groups in total. The minimum absolute atomic E-state index is 0.399. The highest BCUT2D eigenvalue weighted by Crippen LogP contribution is 2.66. The van der Waals surface area contributed by atoms with Gasteiger partial charge >= 0.3 is 0 Å². The SMILES string of the molecule is COc1ccc([C@H]2C[C@H]3C[C@]4(CCN(Cc5ccccc5)C4)[C@H]2c2ccccc23)cc1. The van der Waals surface area contributed by atoms with Gasteiger partial charge in [-0.25, -0.2) is 0 Å². The fraction of sp³-hybridized carbons (Fsp3) is 0.379. The Hall–Kier alpha value is -2.58. The van der Waals surface area contributed by atoms with E-state index < -0.39 is 0 Å². The molecule has 1 aliphatic heterocycles. The van der Waals surface area contributed by atoms with Crippen molar-refractivity contribution in [3.63, 3.8) is 0 Å². The number of rotatable bonds is 4. The number of hydrogen-bond acceptors (Lipinski definition) is 2. The van der Waals surface area contributed by atoms with Crippen molar-refractivity contribution >= 4 is 0 Å². The molecule has 1 saturated carbocycles. The molecule has 2 nitrogen and oxygen atoms in total. The molecule has 2 heteroatoms. The minimum atomic E-state index is 0.399. The summed E-state index contributed by atoms with van der Waals surface area (Å²) < 4.78 is 5.43. The molecule has 2 bridgehead atoms. The van der Waals surface area contributed by atoms with Crippen LogP contribution in [0.25, 0.3) is 0 Å². The second-order valence-corrected chi connectivity index (χ2v) is 9.93. The van der Waals surface area contributed by atoms with Crippen LogP contribution in [0.4, 0.5) is 0 Å². The van der Waals surface area contributed by atoms with Crippen LogP contribution in [0, 0.1) is 5.41 Å². The molecule has 0 radical (unpaired) electrons. The monoisotopic (exact) mass is 409 g/mol. The van der Waals surface area contributed by atoms with Crippen LogP contribution in [-0.2, 0) is 6.54 Å². The van der Waals surface area contributed by atoms with Crippen LogP contribution >= 0.6 is 0 Å². The highest BCUT2D eigenvalue weighted by molar-refractivity contribution is 5.46. The van der Waals surface area contributed by atoms with Gasteiger partial charge in [0.1, 0.15) is 5.75 Å². The van der Waals surface area contributed by atoms with E-state index in [4.69, 9.17) is 4.74 Å². The van der Waals surface area contributed by atoms with Gasteiger partial charge in [-0.1, -0.05) is 66.7 Å². The lowest BCUT2D eigenvalue weighted by Gasteiger charge is -2.55. The van der Waals surface area contributed by atoms with Gasteiger partial charge in [-0.15, -0.1) is 0 Å². The van der Waals surface area contributed by atoms with Crippen LogP contribution in [0.15, 0.2) is 78.9 Å². The number of ether oxygens (including phenoxy) is 1. The van der Waals surface area contributed by atoms with E-state index in [9.17, 15) is 0 Å². The number of methoxy groups -OCH3 is 1. The summed E-state index contributed by atoms with van der Waals surface area (Å²) >= 11 is 0. The predicted octanol–water partition coefficient (Wildman–Crippen LogP) is 6.35. The molecule has 0 aromatic heterocycles. The van der Waals surface area contributed by atoms with Gasteiger partial charge in [-0.3, -0.25) is 4.90 Å². The molecule has 1 spiro atoms. The van der Waals surface area contributed by atoms with Crippen molar-refractivity contribution in [3.05, 3.63) is 101 Å². The molecule has 3 aromatic carbocycles. The van der Waals surface area contributed by atoms with Gasteiger partial charge in [0, 0.05) is 13.1 Å². The van der Waals surface area contributed by atoms with Crippen molar-refractivity contribution in [1.29, 1.82) is 0 Å². The average Bonchev–Trinajstić information content (AvgIpc) is 3.21. The van der Waals surface area contributed by atoms with E-state index in [0.29, 0.717) is 23.2 Å².